The number of carbonyl (C=O) groups excluding carboxylic acids is 1. The summed E-state index contributed by atoms with van der Waals surface area (Å²) in [5.41, 5.74) is -0.349. The zero-order valence-electron chi connectivity index (χ0n) is 19.2. The van der Waals surface area contributed by atoms with Crippen LogP contribution < -0.4 is 16.0 Å². The van der Waals surface area contributed by atoms with Crippen LogP contribution in [-0.4, -0.2) is 39.3 Å². The number of carbonyl (C=O) groups is 1. The SMILES string of the molecule is CC(C)(C)Nc1nc(C#N)cc2cnc(N[C@H]3CC[C@H](NC(=O)OC(C)(C)C)C3)cc12. The molecule has 2 heterocycles. The first-order chi connectivity index (χ1) is 14.4. The molecule has 3 rings (SSSR count). The van der Waals surface area contributed by atoms with Gasteiger partial charge in [-0.05, 0) is 72.9 Å². The highest BCUT2D eigenvalue weighted by atomic mass is 16.6. The van der Waals surface area contributed by atoms with E-state index in [1.54, 1.807) is 12.3 Å². The molecule has 0 spiro atoms. The maximum atomic E-state index is 12.0. The molecule has 0 bridgehead atoms. The van der Waals surface area contributed by atoms with Crippen molar-refractivity contribution in [3.63, 3.8) is 0 Å². The average Bonchev–Trinajstić information content (AvgIpc) is 3.05. The van der Waals surface area contributed by atoms with Crippen LogP contribution in [0.15, 0.2) is 18.3 Å². The Kier molecular flexibility index (Phi) is 6.25. The molecular formula is C23H32N6O2. The molecule has 1 saturated carbocycles. The summed E-state index contributed by atoms with van der Waals surface area (Å²) in [4.78, 5) is 21.0. The summed E-state index contributed by atoms with van der Waals surface area (Å²) >= 11 is 0. The first-order valence-electron chi connectivity index (χ1n) is 10.7. The molecule has 0 aromatic carbocycles. The van der Waals surface area contributed by atoms with Gasteiger partial charge in [0.1, 0.15) is 29.0 Å². The molecule has 2 aromatic heterocycles. The van der Waals surface area contributed by atoms with Crippen molar-refractivity contribution in [1.82, 2.24) is 15.3 Å². The third-order valence-corrected chi connectivity index (χ3v) is 4.83. The number of hydrogen-bond donors (Lipinski definition) is 3. The summed E-state index contributed by atoms with van der Waals surface area (Å²) < 4.78 is 5.35. The minimum atomic E-state index is -0.506. The van der Waals surface area contributed by atoms with Crippen molar-refractivity contribution in [1.29, 1.82) is 5.26 Å². The van der Waals surface area contributed by atoms with Gasteiger partial charge in [0.25, 0.3) is 0 Å². The van der Waals surface area contributed by atoms with Crippen LogP contribution in [0.4, 0.5) is 16.4 Å². The standard InChI is InChI=1S/C23H32N6O2/c1-22(2,3)29-20-18-11-19(25-13-14(18)9-17(12-24)27-20)26-15-7-8-16(10-15)28-21(30)31-23(4,5)6/h9,11,13,15-16H,7-8,10H2,1-6H3,(H,25,26)(H,27,29)(H,28,30)/t15-,16-/m0/s1. The number of alkyl carbamates (subject to hydrolysis) is 1. The summed E-state index contributed by atoms with van der Waals surface area (Å²) in [5.74, 6) is 1.42. The molecule has 0 aliphatic heterocycles. The fraction of sp³-hybridized carbons (Fsp3) is 0.565. The highest BCUT2D eigenvalue weighted by molar-refractivity contribution is 5.94. The maximum Gasteiger partial charge on any atom is 0.407 e. The number of anilines is 2. The molecule has 2 atom stereocenters. The number of amides is 1. The van der Waals surface area contributed by atoms with Gasteiger partial charge in [-0.2, -0.15) is 5.26 Å². The summed E-state index contributed by atoms with van der Waals surface area (Å²) in [5, 5.41) is 20.9. The summed E-state index contributed by atoms with van der Waals surface area (Å²) in [6, 6.07) is 6.10. The van der Waals surface area contributed by atoms with Crippen LogP contribution in [-0.2, 0) is 4.74 Å². The molecular weight excluding hydrogens is 392 g/mol. The van der Waals surface area contributed by atoms with E-state index in [1.165, 1.54) is 0 Å². The number of hydrogen-bond acceptors (Lipinski definition) is 7. The Hall–Kier alpha value is -3.08. The Balaban J connectivity index is 1.72. The normalized spacial score (nSPS) is 19.0. The third-order valence-electron chi connectivity index (χ3n) is 4.83. The number of aromatic nitrogens is 2. The van der Waals surface area contributed by atoms with E-state index < -0.39 is 5.60 Å². The van der Waals surface area contributed by atoms with Crippen LogP contribution in [0, 0.1) is 11.3 Å². The van der Waals surface area contributed by atoms with Gasteiger partial charge in [0, 0.05) is 34.6 Å². The van der Waals surface area contributed by atoms with Crippen molar-refractivity contribution in [2.75, 3.05) is 10.6 Å². The molecule has 2 aromatic rings. The third kappa shape index (κ3) is 6.45. The van der Waals surface area contributed by atoms with Gasteiger partial charge < -0.3 is 20.7 Å². The second kappa shape index (κ2) is 8.58. The summed E-state index contributed by atoms with van der Waals surface area (Å²) in [7, 11) is 0. The van der Waals surface area contributed by atoms with Crippen molar-refractivity contribution >= 4 is 28.5 Å². The average molecular weight is 425 g/mol. The number of rotatable bonds is 4. The second-order valence-corrected chi connectivity index (χ2v) is 10.1. The van der Waals surface area contributed by atoms with Gasteiger partial charge in [-0.15, -0.1) is 0 Å². The molecule has 1 aliphatic carbocycles. The summed E-state index contributed by atoms with van der Waals surface area (Å²) in [6.45, 7) is 11.7. The van der Waals surface area contributed by atoms with Crippen molar-refractivity contribution in [3.8, 4) is 6.07 Å². The molecule has 3 N–H and O–H groups in total. The van der Waals surface area contributed by atoms with Gasteiger partial charge in [0.15, 0.2) is 0 Å². The molecule has 1 amide bonds. The highest BCUT2D eigenvalue weighted by Gasteiger charge is 2.28. The first kappa shape index (κ1) is 22.6. The highest BCUT2D eigenvalue weighted by Crippen LogP contribution is 2.29. The van der Waals surface area contributed by atoms with E-state index in [9.17, 15) is 10.1 Å². The second-order valence-electron chi connectivity index (χ2n) is 10.1. The van der Waals surface area contributed by atoms with E-state index >= 15 is 0 Å². The Morgan fingerprint density at radius 2 is 1.87 bits per heavy atom. The van der Waals surface area contributed by atoms with Gasteiger partial charge in [0.2, 0.25) is 0 Å². The van der Waals surface area contributed by atoms with Gasteiger partial charge >= 0.3 is 6.09 Å². The Bertz CT molecular complexity index is 1000. The Morgan fingerprint density at radius 1 is 1.16 bits per heavy atom. The minimum absolute atomic E-state index is 0.0748. The number of nitrogens with one attached hydrogen (secondary N) is 3. The van der Waals surface area contributed by atoms with Gasteiger partial charge in [-0.3, -0.25) is 0 Å². The molecule has 0 unspecified atom stereocenters. The van der Waals surface area contributed by atoms with Crippen molar-refractivity contribution in [2.45, 2.75) is 84.0 Å². The largest absolute Gasteiger partial charge is 0.444 e. The van der Waals surface area contributed by atoms with Crippen LogP contribution in [0.25, 0.3) is 10.8 Å². The lowest BCUT2D eigenvalue weighted by atomic mass is 10.1. The fourth-order valence-electron chi connectivity index (χ4n) is 3.66. The molecule has 31 heavy (non-hydrogen) atoms. The number of nitrogens with zero attached hydrogens (tertiary/aromatic N) is 3. The van der Waals surface area contributed by atoms with Gasteiger partial charge in [0.05, 0.1) is 0 Å². The lowest BCUT2D eigenvalue weighted by Gasteiger charge is -2.23. The smallest absolute Gasteiger partial charge is 0.407 e. The molecule has 1 fully saturated rings. The monoisotopic (exact) mass is 424 g/mol. The van der Waals surface area contributed by atoms with E-state index in [-0.39, 0.29) is 23.7 Å². The zero-order valence-corrected chi connectivity index (χ0v) is 19.2. The molecule has 0 radical (unpaired) electrons. The van der Waals surface area contributed by atoms with E-state index in [4.69, 9.17) is 4.74 Å². The molecule has 0 saturated heterocycles. The zero-order chi connectivity index (χ0) is 22.8. The predicted octanol–water partition coefficient (Wildman–Crippen LogP) is 4.57. The minimum Gasteiger partial charge on any atom is -0.444 e. The van der Waals surface area contributed by atoms with Crippen molar-refractivity contribution in [3.05, 3.63) is 24.0 Å². The van der Waals surface area contributed by atoms with Crippen molar-refractivity contribution in [2.24, 2.45) is 0 Å². The number of fused-ring (bicyclic) bond motifs is 1. The lowest BCUT2D eigenvalue weighted by Crippen LogP contribution is -2.38. The van der Waals surface area contributed by atoms with Gasteiger partial charge in [-0.1, -0.05) is 0 Å². The van der Waals surface area contributed by atoms with E-state index in [0.717, 1.165) is 35.9 Å². The number of nitriles is 1. The van der Waals surface area contributed by atoms with E-state index in [2.05, 4.69) is 52.8 Å². The quantitative estimate of drug-likeness (QED) is 0.659. The molecule has 166 valence electrons. The molecule has 1 aliphatic rings. The van der Waals surface area contributed by atoms with Crippen LogP contribution in [0.2, 0.25) is 0 Å². The van der Waals surface area contributed by atoms with Gasteiger partial charge in [-0.25, -0.2) is 14.8 Å². The number of ether oxygens (including phenoxy) is 1. The van der Waals surface area contributed by atoms with Crippen molar-refractivity contribution < 1.29 is 9.53 Å². The lowest BCUT2D eigenvalue weighted by molar-refractivity contribution is 0.0505. The van der Waals surface area contributed by atoms with Crippen LogP contribution in [0.3, 0.4) is 0 Å². The number of pyridine rings is 2. The first-order valence-corrected chi connectivity index (χ1v) is 10.7. The van der Waals surface area contributed by atoms with E-state index in [1.807, 2.05) is 26.8 Å². The van der Waals surface area contributed by atoms with Crippen LogP contribution in [0.1, 0.15) is 66.5 Å². The van der Waals surface area contributed by atoms with Crippen LogP contribution in [0.5, 0.6) is 0 Å². The molecule has 8 heteroatoms. The topological polar surface area (TPSA) is 112 Å². The maximum absolute atomic E-state index is 12.0. The van der Waals surface area contributed by atoms with E-state index in [0.29, 0.717) is 11.5 Å². The summed E-state index contributed by atoms with van der Waals surface area (Å²) in [6.07, 6.45) is 4.00. The molecule has 8 nitrogen and oxygen atoms in total. The predicted molar refractivity (Wildman–Crippen MR) is 122 cm³/mol. The van der Waals surface area contributed by atoms with Crippen LogP contribution >= 0.6 is 0 Å². The Morgan fingerprint density at radius 3 is 2.52 bits per heavy atom. The Labute approximate surface area is 183 Å². The fourth-order valence-corrected chi connectivity index (χ4v) is 3.66.